The van der Waals surface area contributed by atoms with Crippen LogP contribution in [-0.2, 0) is 14.5 Å². The van der Waals surface area contributed by atoms with Crippen LogP contribution in [0.2, 0.25) is 0 Å². The Morgan fingerprint density at radius 1 is 0.815 bits per heavy atom. The van der Waals surface area contributed by atoms with Crippen LogP contribution in [0, 0.1) is 11.8 Å². The maximum Gasteiger partial charge on any atom is 0.414 e. The van der Waals surface area contributed by atoms with Crippen LogP contribution in [0.3, 0.4) is 0 Å². The third-order valence-corrected chi connectivity index (χ3v) is 4.08. The molecule has 0 aliphatic rings. The Labute approximate surface area is 153 Å². The molecular formula is C14H22F9O3P. The zero-order chi connectivity index (χ0) is 21.3. The van der Waals surface area contributed by atoms with Crippen molar-refractivity contribution in [3.8, 4) is 0 Å². The first-order chi connectivity index (χ1) is 12.2. The number of alkyl halides is 9. The van der Waals surface area contributed by atoms with Crippen molar-refractivity contribution in [1.29, 1.82) is 0 Å². The minimum atomic E-state index is -5.25. The molecule has 0 saturated heterocycles. The normalized spacial score (nSPS) is 17.0. The van der Waals surface area contributed by atoms with Crippen molar-refractivity contribution in [2.24, 2.45) is 11.8 Å². The molecule has 27 heavy (non-hydrogen) atoms. The van der Waals surface area contributed by atoms with Crippen molar-refractivity contribution < 1.29 is 54.0 Å². The first-order valence-corrected chi connectivity index (χ1v) is 8.80. The van der Waals surface area contributed by atoms with E-state index < -0.39 is 68.7 Å². The fourth-order valence-corrected chi connectivity index (χ4v) is 2.73. The molecule has 0 radical (unpaired) electrons. The van der Waals surface area contributed by atoms with Gasteiger partial charge in [-0.3, -0.25) is 0 Å². The third kappa shape index (κ3) is 12.0. The van der Waals surface area contributed by atoms with Crippen molar-refractivity contribution in [2.45, 2.75) is 50.8 Å². The second-order valence-corrected chi connectivity index (χ2v) is 6.22. The minimum absolute atomic E-state index is 0.159. The molecular weight excluding hydrogens is 418 g/mol. The van der Waals surface area contributed by atoms with E-state index in [0.29, 0.717) is 6.42 Å². The lowest BCUT2D eigenvalue weighted by molar-refractivity contribution is -0.307. The first kappa shape index (κ1) is 26.7. The van der Waals surface area contributed by atoms with Gasteiger partial charge in [0.05, 0.1) is 19.1 Å². The SMILES string of the molecule is CCCOOCCOC(CC(C(CP)CC(F)(F)F)C(F)(F)F)C(F)(F)F. The van der Waals surface area contributed by atoms with Gasteiger partial charge < -0.3 is 4.74 Å². The Hall–Kier alpha value is -0.320. The Kier molecular flexibility index (Phi) is 11.5. The molecule has 4 unspecified atom stereocenters. The molecule has 0 aliphatic heterocycles. The van der Waals surface area contributed by atoms with E-state index >= 15 is 0 Å². The van der Waals surface area contributed by atoms with Crippen molar-refractivity contribution in [3.05, 3.63) is 0 Å². The van der Waals surface area contributed by atoms with E-state index in [-0.39, 0.29) is 6.61 Å². The second kappa shape index (κ2) is 11.6. The van der Waals surface area contributed by atoms with Crippen molar-refractivity contribution in [1.82, 2.24) is 0 Å². The van der Waals surface area contributed by atoms with E-state index in [1.54, 1.807) is 16.2 Å². The van der Waals surface area contributed by atoms with Gasteiger partial charge in [0, 0.05) is 6.42 Å². The maximum atomic E-state index is 13.2. The number of rotatable bonds is 12. The highest BCUT2D eigenvalue weighted by atomic mass is 31.0. The van der Waals surface area contributed by atoms with Crippen LogP contribution >= 0.6 is 9.24 Å². The summed E-state index contributed by atoms with van der Waals surface area (Å²) in [6.07, 6.45) is -21.9. The van der Waals surface area contributed by atoms with Gasteiger partial charge in [-0.1, -0.05) is 6.92 Å². The van der Waals surface area contributed by atoms with Crippen molar-refractivity contribution in [3.63, 3.8) is 0 Å². The Morgan fingerprint density at radius 3 is 1.78 bits per heavy atom. The number of ether oxygens (including phenoxy) is 1. The molecule has 0 fully saturated rings. The van der Waals surface area contributed by atoms with Gasteiger partial charge in [-0.15, -0.1) is 9.24 Å². The first-order valence-electron chi connectivity index (χ1n) is 7.98. The lowest BCUT2D eigenvalue weighted by atomic mass is 9.85. The van der Waals surface area contributed by atoms with Gasteiger partial charge in [0.1, 0.15) is 6.61 Å². The second-order valence-electron chi connectivity index (χ2n) is 5.74. The molecule has 0 aromatic rings. The quantitative estimate of drug-likeness (QED) is 0.136. The van der Waals surface area contributed by atoms with Crippen LogP contribution in [0.25, 0.3) is 0 Å². The highest BCUT2D eigenvalue weighted by Gasteiger charge is 2.52. The summed E-state index contributed by atoms with van der Waals surface area (Å²) in [5, 5.41) is 0. The van der Waals surface area contributed by atoms with E-state index in [1.807, 2.05) is 0 Å². The lowest BCUT2D eigenvalue weighted by Gasteiger charge is -2.32. The molecule has 0 heterocycles. The molecule has 164 valence electrons. The van der Waals surface area contributed by atoms with E-state index in [0.717, 1.165) is 0 Å². The van der Waals surface area contributed by atoms with Gasteiger partial charge in [0.15, 0.2) is 6.10 Å². The zero-order valence-corrected chi connectivity index (χ0v) is 15.5. The molecule has 0 aromatic carbocycles. The molecule has 4 atom stereocenters. The van der Waals surface area contributed by atoms with E-state index in [9.17, 15) is 39.5 Å². The van der Waals surface area contributed by atoms with Gasteiger partial charge in [0.25, 0.3) is 0 Å². The summed E-state index contributed by atoms with van der Waals surface area (Å²) in [6, 6.07) is 0. The maximum absolute atomic E-state index is 13.2. The highest BCUT2D eigenvalue weighted by Crippen LogP contribution is 2.43. The molecule has 0 N–H and O–H groups in total. The molecule has 0 rings (SSSR count). The number of hydrogen-bond donors (Lipinski definition) is 0. The average molecular weight is 440 g/mol. The van der Waals surface area contributed by atoms with Gasteiger partial charge in [0.2, 0.25) is 0 Å². The largest absolute Gasteiger partial charge is 0.414 e. The monoisotopic (exact) mass is 440 g/mol. The molecule has 0 spiro atoms. The van der Waals surface area contributed by atoms with Gasteiger partial charge in [-0.05, 0) is 24.9 Å². The van der Waals surface area contributed by atoms with Crippen LogP contribution in [-0.4, -0.2) is 50.6 Å². The van der Waals surface area contributed by atoms with Crippen molar-refractivity contribution in [2.75, 3.05) is 26.0 Å². The van der Waals surface area contributed by atoms with Crippen molar-refractivity contribution >= 4 is 9.24 Å². The van der Waals surface area contributed by atoms with Crippen LogP contribution in [0.4, 0.5) is 39.5 Å². The minimum Gasteiger partial charge on any atom is -0.366 e. The molecule has 0 saturated carbocycles. The molecule has 0 amide bonds. The van der Waals surface area contributed by atoms with Gasteiger partial charge >= 0.3 is 18.5 Å². The summed E-state index contributed by atoms with van der Waals surface area (Å²) in [5.41, 5.74) is 0. The Balaban J connectivity index is 5.11. The summed E-state index contributed by atoms with van der Waals surface area (Å²) in [6.45, 7) is 0.689. The third-order valence-electron chi connectivity index (χ3n) is 3.48. The number of halogens is 9. The van der Waals surface area contributed by atoms with Gasteiger partial charge in [-0.25, -0.2) is 9.78 Å². The molecule has 0 bridgehead atoms. The molecule has 0 aliphatic carbocycles. The fraction of sp³-hybridized carbons (Fsp3) is 1.00. The highest BCUT2D eigenvalue weighted by molar-refractivity contribution is 7.16. The van der Waals surface area contributed by atoms with E-state index in [2.05, 4.69) is 14.5 Å². The van der Waals surface area contributed by atoms with Gasteiger partial charge in [-0.2, -0.15) is 39.5 Å². The zero-order valence-electron chi connectivity index (χ0n) is 14.4. The smallest absolute Gasteiger partial charge is 0.366 e. The summed E-state index contributed by atoms with van der Waals surface area (Å²) in [4.78, 5) is 9.00. The summed E-state index contributed by atoms with van der Waals surface area (Å²) >= 11 is 0. The lowest BCUT2D eigenvalue weighted by Crippen LogP contribution is -2.42. The topological polar surface area (TPSA) is 27.7 Å². The molecule has 0 aromatic heterocycles. The van der Waals surface area contributed by atoms with Crippen LogP contribution < -0.4 is 0 Å². The van der Waals surface area contributed by atoms with E-state index in [1.165, 1.54) is 0 Å². The predicted octanol–water partition coefficient (Wildman–Crippen LogP) is 5.30. The predicted molar refractivity (Wildman–Crippen MR) is 80.9 cm³/mol. The summed E-state index contributed by atoms with van der Waals surface area (Å²) in [7, 11) is 1.72. The standard InChI is InChI=1S/C14H22F9O3P/c1-2-3-25-26-5-4-24-11(14(21,22)23)6-10(13(18,19)20)9(8-27)7-12(15,16)17/h9-11H,2-8,27H2,1H3. The summed E-state index contributed by atoms with van der Waals surface area (Å²) in [5.74, 6) is -4.91. The summed E-state index contributed by atoms with van der Waals surface area (Å²) < 4.78 is 120. The average Bonchev–Trinajstić information content (AvgIpc) is 2.48. The number of hydrogen-bond acceptors (Lipinski definition) is 3. The fourth-order valence-electron chi connectivity index (χ4n) is 2.23. The Morgan fingerprint density at radius 2 is 1.37 bits per heavy atom. The van der Waals surface area contributed by atoms with Crippen LogP contribution in [0.1, 0.15) is 26.2 Å². The molecule has 13 heteroatoms. The Bertz CT molecular complexity index is 399. The van der Waals surface area contributed by atoms with Crippen LogP contribution in [0.15, 0.2) is 0 Å². The van der Waals surface area contributed by atoms with Crippen LogP contribution in [0.5, 0.6) is 0 Å². The van der Waals surface area contributed by atoms with E-state index in [4.69, 9.17) is 0 Å². The molecule has 3 nitrogen and oxygen atoms in total.